The lowest BCUT2D eigenvalue weighted by Crippen LogP contribution is -2.44. The summed E-state index contributed by atoms with van der Waals surface area (Å²) in [6.07, 6.45) is 0.643. The summed E-state index contributed by atoms with van der Waals surface area (Å²) in [6.45, 7) is 1.21. The van der Waals surface area contributed by atoms with Crippen molar-refractivity contribution in [2.45, 2.75) is 24.5 Å². The van der Waals surface area contributed by atoms with Crippen LogP contribution in [0.5, 0.6) is 0 Å². The van der Waals surface area contributed by atoms with Crippen LogP contribution in [0.2, 0.25) is 10.0 Å². The second kappa shape index (κ2) is 7.62. The quantitative estimate of drug-likeness (QED) is 0.800. The van der Waals surface area contributed by atoms with Crippen LogP contribution >= 0.6 is 23.2 Å². The molecular weight excluding hydrogens is 329 g/mol. The first-order valence-electron chi connectivity index (χ1n) is 7.00. The van der Waals surface area contributed by atoms with Crippen LogP contribution < -0.4 is 5.73 Å². The second-order valence-electron chi connectivity index (χ2n) is 5.12. The number of esters is 1. The Balaban J connectivity index is 2.30. The number of hydrogen-bond donors (Lipinski definition) is 1. The first-order valence-corrected chi connectivity index (χ1v) is 7.76. The summed E-state index contributed by atoms with van der Waals surface area (Å²) < 4.78 is 15.8. The molecule has 122 valence electrons. The van der Waals surface area contributed by atoms with Crippen molar-refractivity contribution in [2.24, 2.45) is 5.73 Å². The van der Waals surface area contributed by atoms with E-state index in [1.807, 2.05) is 0 Å². The molecule has 0 radical (unpaired) electrons. The van der Waals surface area contributed by atoms with Gasteiger partial charge in [0.2, 0.25) is 0 Å². The minimum Gasteiger partial charge on any atom is -0.468 e. The Labute approximate surface area is 139 Å². The Hall–Kier alpha value is -0.850. The molecule has 2 N–H and O–H groups in total. The molecule has 2 rings (SSSR count). The Bertz CT molecular complexity index is 534. The molecule has 5 nitrogen and oxygen atoms in total. The highest BCUT2D eigenvalue weighted by Crippen LogP contribution is 2.35. The molecule has 1 aliphatic rings. The van der Waals surface area contributed by atoms with Gasteiger partial charge in [-0.1, -0.05) is 29.3 Å². The number of hydrogen-bond acceptors (Lipinski definition) is 5. The van der Waals surface area contributed by atoms with Crippen molar-refractivity contribution in [3.05, 3.63) is 33.8 Å². The zero-order chi connectivity index (χ0) is 16.2. The Morgan fingerprint density at radius 3 is 2.59 bits per heavy atom. The molecule has 7 heteroatoms. The molecule has 0 saturated carbocycles. The van der Waals surface area contributed by atoms with Crippen LogP contribution in [-0.4, -0.2) is 39.1 Å². The smallest absolute Gasteiger partial charge is 0.317 e. The van der Waals surface area contributed by atoms with Gasteiger partial charge < -0.3 is 19.9 Å². The van der Waals surface area contributed by atoms with E-state index in [1.54, 1.807) is 18.2 Å². The summed E-state index contributed by atoms with van der Waals surface area (Å²) in [5.41, 5.74) is 5.60. The van der Waals surface area contributed by atoms with Crippen LogP contribution in [0.3, 0.4) is 0 Å². The van der Waals surface area contributed by atoms with Crippen molar-refractivity contribution < 1.29 is 19.0 Å². The number of carbonyl (C=O) groups excluding carboxylic acids is 1. The van der Waals surface area contributed by atoms with E-state index in [9.17, 15) is 4.79 Å². The number of nitrogens with two attached hydrogens (primary N) is 1. The molecule has 0 aliphatic carbocycles. The number of methoxy groups -OCH3 is 1. The molecule has 0 aromatic heterocycles. The van der Waals surface area contributed by atoms with E-state index < -0.39 is 11.4 Å². The maximum atomic E-state index is 12.4. The van der Waals surface area contributed by atoms with Crippen molar-refractivity contribution in [1.29, 1.82) is 0 Å². The summed E-state index contributed by atoms with van der Waals surface area (Å²) in [4.78, 5) is 12.4. The molecule has 1 atom stereocenters. The van der Waals surface area contributed by atoms with Gasteiger partial charge >= 0.3 is 5.97 Å². The van der Waals surface area contributed by atoms with Crippen LogP contribution in [0.4, 0.5) is 0 Å². The molecule has 0 spiro atoms. The monoisotopic (exact) mass is 347 g/mol. The van der Waals surface area contributed by atoms with Gasteiger partial charge in [-0.25, -0.2) is 0 Å². The summed E-state index contributed by atoms with van der Waals surface area (Å²) in [7, 11) is 1.34. The highest BCUT2D eigenvalue weighted by atomic mass is 35.5. The number of halogens is 2. The minimum atomic E-state index is -1.00. The van der Waals surface area contributed by atoms with Gasteiger partial charge in [0.25, 0.3) is 0 Å². The van der Waals surface area contributed by atoms with Gasteiger partial charge in [-0.2, -0.15) is 0 Å². The lowest BCUT2D eigenvalue weighted by atomic mass is 9.76. The van der Waals surface area contributed by atoms with E-state index in [2.05, 4.69) is 0 Å². The lowest BCUT2D eigenvalue weighted by Gasteiger charge is -2.31. The lowest BCUT2D eigenvalue weighted by molar-refractivity contribution is -0.148. The van der Waals surface area contributed by atoms with Crippen LogP contribution in [0.25, 0.3) is 0 Å². The van der Waals surface area contributed by atoms with Gasteiger partial charge in [0.1, 0.15) is 5.41 Å². The average Bonchev–Trinajstić information content (AvgIpc) is 3.04. The molecule has 0 bridgehead atoms. The maximum Gasteiger partial charge on any atom is 0.317 e. The minimum absolute atomic E-state index is 0.0877. The van der Waals surface area contributed by atoms with Crippen molar-refractivity contribution in [3.8, 4) is 0 Å². The molecule has 1 aliphatic heterocycles. The summed E-state index contributed by atoms with van der Waals surface area (Å²) in [6, 6.07) is 5.05. The highest BCUT2D eigenvalue weighted by molar-refractivity contribution is 6.42. The first-order chi connectivity index (χ1) is 10.5. The zero-order valence-corrected chi connectivity index (χ0v) is 13.8. The van der Waals surface area contributed by atoms with Gasteiger partial charge in [-0.15, -0.1) is 0 Å². The van der Waals surface area contributed by atoms with Crippen LogP contribution in [0.1, 0.15) is 18.4 Å². The summed E-state index contributed by atoms with van der Waals surface area (Å²) >= 11 is 12.0. The summed E-state index contributed by atoms with van der Waals surface area (Å²) in [5.74, 6) is -0.411. The predicted octanol–water partition coefficient (Wildman–Crippen LogP) is 2.52. The van der Waals surface area contributed by atoms with Crippen molar-refractivity contribution >= 4 is 29.2 Å². The van der Waals surface area contributed by atoms with E-state index in [0.29, 0.717) is 41.7 Å². The molecule has 22 heavy (non-hydrogen) atoms. The van der Waals surface area contributed by atoms with Crippen molar-refractivity contribution in [3.63, 3.8) is 0 Å². The highest BCUT2D eigenvalue weighted by Gasteiger charge is 2.41. The van der Waals surface area contributed by atoms with Crippen LogP contribution in [0.15, 0.2) is 18.2 Å². The third kappa shape index (κ3) is 3.55. The Morgan fingerprint density at radius 2 is 2.05 bits per heavy atom. The fraction of sp³-hybridized carbons (Fsp3) is 0.533. The van der Waals surface area contributed by atoms with Gasteiger partial charge in [0, 0.05) is 6.54 Å². The largest absolute Gasteiger partial charge is 0.468 e. The molecule has 1 aromatic carbocycles. The van der Waals surface area contributed by atoms with Gasteiger partial charge in [-0.05, 0) is 30.5 Å². The van der Waals surface area contributed by atoms with Crippen LogP contribution in [-0.2, 0) is 24.4 Å². The van der Waals surface area contributed by atoms with Gasteiger partial charge in [-0.3, -0.25) is 4.79 Å². The van der Waals surface area contributed by atoms with E-state index >= 15 is 0 Å². The molecule has 1 aromatic rings. The Kier molecular flexibility index (Phi) is 6.06. The number of carbonyl (C=O) groups is 1. The number of rotatable bonds is 6. The van der Waals surface area contributed by atoms with Crippen molar-refractivity contribution in [1.82, 2.24) is 0 Å². The topological polar surface area (TPSA) is 70.8 Å². The normalized spacial score (nSPS) is 18.2. The van der Waals surface area contributed by atoms with Gasteiger partial charge in [0.15, 0.2) is 6.29 Å². The fourth-order valence-corrected chi connectivity index (χ4v) is 2.89. The third-order valence-corrected chi connectivity index (χ3v) is 4.63. The Morgan fingerprint density at radius 1 is 1.36 bits per heavy atom. The molecular formula is C15H19Cl2NO4. The third-order valence-electron chi connectivity index (χ3n) is 3.89. The van der Waals surface area contributed by atoms with Crippen LogP contribution in [0, 0.1) is 0 Å². The molecule has 1 heterocycles. The average molecular weight is 348 g/mol. The standard InChI is InChI=1S/C15H19Cl2NO4/c1-20-14(19)15(9-18,5-4-13-21-6-7-22-13)10-2-3-11(16)12(17)8-10/h2-3,8,13H,4-7,9,18H2,1H3. The zero-order valence-electron chi connectivity index (χ0n) is 12.3. The van der Waals surface area contributed by atoms with E-state index in [1.165, 1.54) is 7.11 Å². The predicted molar refractivity (Wildman–Crippen MR) is 84.1 cm³/mol. The molecule has 1 saturated heterocycles. The van der Waals surface area contributed by atoms with E-state index in [0.717, 1.165) is 0 Å². The van der Waals surface area contributed by atoms with E-state index in [-0.39, 0.29) is 12.8 Å². The SMILES string of the molecule is COC(=O)C(CN)(CCC1OCCO1)c1ccc(Cl)c(Cl)c1. The summed E-state index contributed by atoms with van der Waals surface area (Å²) in [5, 5.41) is 0.790. The molecule has 1 unspecified atom stereocenters. The first kappa shape index (κ1) is 17.5. The maximum absolute atomic E-state index is 12.4. The van der Waals surface area contributed by atoms with E-state index in [4.69, 9.17) is 43.1 Å². The molecule has 0 amide bonds. The number of benzene rings is 1. The number of ether oxygens (including phenoxy) is 3. The molecule has 1 fully saturated rings. The van der Waals surface area contributed by atoms with Crippen molar-refractivity contribution in [2.75, 3.05) is 26.9 Å². The fourth-order valence-electron chi connectivity index (χ4n) is 2.59. The van der Waals surface area contributed by atoms with Gasteiger partial charge in [0.05, 0.1) is 30.4 Å². The second-order valence-corrected chi connectivity index (χ2v) is 5.93.